The first kappa shape index (κ1) is 9.37. The zero-order valence-corrected chi connectivity index (χ0v) is 8.07. The Morgan fingerprint density at radius 3 is 2.87 bits per heavy atom. The normalized spacial score (nSPS) is 9.93. The minimum absolute atomic E-state index is 0.0794. The summed E-state index contributed by atoms with van der Waals surface area (Å²) >= 11 is 0. The summed E-state index contributed by atoms with van der Waals surface area (Å²) in [5, 5.41) is 0.525. The van der Waals surface area contributed by atoms with E-state index < -0.39 is 0 Å². The highest BCUT2D eigenvalue weighted by atomic mass is 16.1. The van der Waals surface area contributed by atoms with Crippen LogP contribution in [-0.2, 0) is 4.79 Å². The lowest BCUT2D eigenvalue weighted by Crippen LogP contribution is -2.02. The number of pyridine rings is 1. The summed E-state index contributed by atoms with van der Waals surface area (Å²) in [4.78, 5) is 28.2. The molecule has 74 valence electrons. The third-order valence-electron chi connectivity index (χ3n) is 2.12. The number of benzene rings is 1. The van der Waals surface area contributed by atoms with Crippen LogP contribution in [0.15, 0.2) is 34.1 Å². The smallest absolute Gasteiger partial charge is 0.240 e. The van der Waals surface area contributed by atoms with Gasteiger partial charge in [0.05, 0.1) is 5.69 Å². The van der Waals surface area contributed by atoms with Gasteiger partial charge in [0.25, 0.3) is 0 Å². The lowest BCUT2D eigenvalue weighted by Gasteiger charge is -1.99. The molecule has 4 nitrogen and oxygen atoms in total. The largest absolute Gasteiger partial charge is 0.358 e. The van der Waals surface area contributed by atoms with Gasteiger partial charge in [0.1, 0.15) is 0 Å². The highest BCUT2D eigenvalue weighted by Gasteiger charge is 2.00. The van der Waals surface area contributed by atoms with Crippen LogP contribution < -0.4 is 5.43 Å². The van der Waals surface area contributed by atoms with Gasteiger partial charge >= 0.3 is 0 Å². The Labute approximate surface area is 85.3 Å². The Kier molecular flexibility index (Phi) is 2.20. The Bertz CT molecular complexity index is 622. The summed E-state index contributed by atoms with van der Waals surface area (Å²) in [5.41, 5.74) is 1.90. The predicted molar refractivity (Wildman–Crippen MR) is 57.1 cm³/mol. The number of hydrogen-bond acceptors (Lipinski definition) is 3. The molecule has 0 fully saturated rings. The molecule has 0 saturated heterocycles. The zero-order chi connectivity index (χ0) is 10.8. The number of rotatable bonds is 1. The molecule has 0 aliphatic rings. The van der Waals surface area contributed by atoms with Gasteiger partial charge in [-0.1, -0.05) is 0 Å². The van der Waals surface area contributed by atoms with Crippen molar-refractivity contribution in [1.82, 2.24) is 4.98 Å². The summed E-state index contributed by atoms with van der Waals surface area (Å²) in [6.07, 6.45) is 1.44. The fraction of sp³-hybridized carbons (Fsp3) is 0.0909. The highest BCUT2D eigenvalue weighted by Crippen LogP contribution is 2.16. The number of aliphatic imine (C=N–C) groups is 1. The number of nitrogens with zero attached hydrogens (tertiary/aromatic N) is 1. The highest BCUT2D eigenvalue weighted by molar-refractivity contribution is 5.82. The number of hydrogen-bond donors (Lipinski definition) is 1. The van der Waals surface area contributed by atoms with Crippen molar-refractivity contribution in [3.63, 3.8) is 0 Å². The summed E-state index contributed by atoms with van der Waals surface area (Å²) in [7, 11) is 0. The molecule has 2 rings (SSSR count). The first-order chi connectivity index (χ1) is 7.20. The van der Waals surface area contributed by atoms with Crippen molar-refractivity contribution in [2.75, 3.05) is 0 Å². The van der Waals surface area contributed by atoms with Crippen LogP contribution in [0.4, 0.5) is 5.69 Å². The molecule has 0 atom stereocenters. The maximum atomic E-state index is 11.6. The molecular weight excluding hydrogens is 192 g/mol. The fourth-order valence-electron chi connectivity index (χ4n) is 1.49. The van der Waals surface area contributed by atoms with Gasteiger partial charge in [0, 0.05) is 22.7 Å². The van der Waals surface area contributed by atoms with Crippen molar-refractivity contribution >= 4 is 22.7 Å². The van der Waals surface area contributed by atoms with E-state index in [4.69, 9.17) is 0 Å². The van der Waals surface area contributed by atoms with E-state index in [2.05, 4.69) is 9.98 Å². The molecule has 0 saturated carbocycles. The number of aromatic amines is 1. The van der Waals surface area contributed by atoms with Gasteiger partial charge in [-0.2, -0.15) is 4.99 Å². The third-order valence-corrected chi connectivity index (χ3v) is 2.12. The van der Waals surface area contributed by atoms with Gasteiger partial charge in [0.2, 0.25) is 6.08 Å². The monoisotopic (exact) mass is 200 g/mol. The average molecular weight is 200 g/mol. The third kappa shape index (κ3) is 1.71. The van der Waals surface area contributed by atoms with Gasteiger partial charge < -0.3 is 4.98 Å². The minimum atomic E-state index is -0.0794. The molecule has 4 heteroatoms. The average Bonchev–Trinajstić information content (AvgIpc) is 2.19. The van der Waals surface area contributed by atoms with Crippen molar-refractivity contribution in [1.29, 1.82) is 0 Å². The maximum Gasteiger partial charge on any atom is 0.240 e. The van der Waals surface area contributed by atoms with E-state index in [1.165, 1.54) is 12.1 Å². The number of carbonyl (C=O) groups excluding carboxylic acids is 1. The van der Waals surface area contributed by atoms with Gasteiger partial charge in [-0.15, -0.1) is 0 Å². The number of H-pyrrole nitrogens is 1. The van der Waals surface area contributed by atoms with E-state index in [1.54, 1.807) is 18.2 Å². The van der Waals surface area contributed by atoms with E-state index >= 15 is 0 Å². The van der Waals surface area contributed by atoms with Crippen molar-refractivity contribution in [3.8, 4) is 0 Å². The number of isocyanates is 1. The second kappa shape index (κ2) is 3.52. The second-order valence-electron chi connectivity index (χ2n) is 3.25. The maximum absolute atomic E-state index is 11.6. The van der Waals surface area contributed by atoms with E-state index in [1.807, 2.05) is 6.92 Å². The first-order valence-electron chi connectivity index (χ1n) is 4.42. The van der Waals surface area contributed by atoms with Crippen molar-refractivity contribution < 1.29 is 4.79 Å². The minimum Gasteiger partial charge on any atom is -0.358 e. The molecule has 0 amide bonds. The molecule has 1 aromatic carbocycles. The van der Waals surface area contributed by atoms with E-state index in [-0.39, 0.29) is 5.43 Å². The SMILES string of the molecule is Cc1cc(=O)c2cc(N=C=O)ccc2[nH]1. The van der Waals surface area contributed by atoms with E-state index in [9.17, 15) is 9.59 Å². The van der Waals surface area contributed by atoms with Crippen LogP contribution >= 0.6 is 0 Å². The Morgan fingerprint density at radius 2 is 2.13 bits per heavy atom. The van der Waals surface area contributed by atoms with Gasteiger partial charge in [0.15, 0.2) is 5.43 Å². The molecule has 0 unspecified atom stereocenters. The van der Waals surface area contributed by atoms with E-state index in [0.717, 1.165) is 11.2 Å². The quantitative estimate of drug-likeness (QED) is 0.563. The number of aryl methyl sites for hydroxylation is 1. The Balaban J connectivity index is 2.82. The Morgan fingerprint density at radius 1 is 1.33 bits per heavy atom. The second-order valence-corrected chi connectivity index (χ2v) is 3.25. The molecule has 2 aromatic rings. The molecule has 0 aliphatic carbocycles. The number of nitrogens with one attached hydrogen (secondary N) is 1. The fourth-order valence-corrected chi connectivity index (χ4v) is 1.49. The van der Waals surface area contributed by atoms with Crippen molar-refractivity contribution in [2.24, 2.45) is 4.99 Å². The topological polar surface area (TPSA) is 62.3 Å². The lowest BCUT2D eigenvalue weighted by atomic mass is 10.2. The predicted octanol–water partition coefficient (Wildman–Crippen LogP) is 1.80. The molecule has 0 radical (unpaired) electrons. The number of fused-ring (bicyclic) bond motifs is 1. The molecule has 1 heterocycles. The van der Waals surface area contributed by atoms with Crippen molar-refractivity contribution in [3.05, 3.63) is 40.2 Å². The summed E-state index contributed by atoms with van der Waals surface area (Å²) in [6, 6.07) is 6.46. The molecule has 15 heavy (non-hydrogen) atoms. The lowest BCUT2D eigenvalue weighted by molar-refractivity contribution is 0.565. The molecular formula is C11H8N2O2. The first-order valence-corrected chi connectivity index (χ1v) is 4.42. The molecule has 1 aromatic heterocycles. The zero-order valence-electron chi connectivity index (χ0n) is 8.07. The van der Waals surface area contributed by atoms with Crippen LogP contribution in [0.5, 0.6) is 0 Å². The molecule has 0 spiro atoms. The van der Waals surface area contributed by atoms with Gasteiger partial charge in [-0.25, -0.2) is 4.79 Å². The van der Waals surface area contributed by atoms with Gasteiger partial charge in [-0.3, -0.25) is 4.79 Å². The van der Waals surface area contributed by atoms with Crippen LogP contribution in [0.25, 0.3) is 10.9 Å². The number of aromatic nitrogens is 1. The molecule has 0 aliphatic heterocycles. The molecule has 1 N–H and O–H groups in total. The summed E-state index contributed by atoms with van der Waals surface area (Å²) in [6.45, 7) is 1.82. The summed E-state index contributed by atoms with van der Waals surface area (Å²) < 4.78 is 0. The Hall–Kier alpha value is -2.19. The van der Waals surface area contributed by atoms with Crippen LogP contribution in [0, 0.1) is 6.92 Å². The van der Waals surface area contributed by atoms with Gasteiger partial charge in [-0.05, 0) is 25.1 Å². The standard InChI is InChI=1S/C11H8N2O2/c1-7-4-11(15)9-5-8(12-6-14)2-3-10(9)13-7/h2-5H,1H3,(H,13,15). The van der Waals surface area contributed by atoms with E-state index in [0.29, 0.717) is 11.1 Å². The van der Waals surface area contributed by atoms with Crippen LogP contribution in [0.1, 0.15) is 5.69 Å². The molecule has 0 bridgehead atoms. The van der Waals surface area contributed by atoms with Crippen LogP contribution in [-0.4, -0.2) is 11.1 Å². The summed E-state index contributed by atoms with van der Waals surface area (Å²) in [5.74, 6) is 0. The van der Waals surface area contributed by atoms with Crippen LogP contribution in [0.3, 0.4) is 0 Å². The van der Waals surface area contributed by atoms with Crippen molar-refractivity contribution in [2.45, 2.75) is 6.92 Å². The van der Waals surface area contributed by atoms with Crippen LogP contribution in [0.2, 0.25) is 0 Å².